The number of benzene rings is 1. The number of rotatable bonds is 8. The van der Waals surface area contributed by atoms with E-state index >= 15 is 0 Å². The maximum absolute atomic E-state index is 12.6. The van der Waals surface area contributed by atoms with Crippen molar-refractivity contribution < 1.29 is 9.53 Å². The molecule has 146 valence electrons. The number of ether oxygens (including phenoxy) is 1. The first kappa shape index (κ1) is 19.6. The number of amides is 1. The summed E-state index contributed by atoms with van der Waals surface area (Å²) < 4.78 is 7.07. The zero-order chi connectivity index (χ0) is 19.1. The Bertz CT molecular complexity index is 708. The Morgan fingerprint density at radius 3 is 2.63 bits per heavy atom. The van der Waals surface area contributed by atoms with Gasteiger partial charge in [-0.3, -0.25) is 14.4 Å². The van der Waals surface area contributed by atoms with E-state index in [4.69, 9.17) is 4.74 Å². The summed E-state index contributed by atoms with van der Waals surface area (Å²) in [5.41, 5.74) is 2.31. The number of hydrogen-bond acceptors (Lipinski definition) is 4. The van der Waals surface area contributed by atoms with Crippen LogP contribution >= 0.6 is 0 Å². The summed E-state index contributed by atoms with van der Waals surface area (Å²) in [5.74, 6) is 0.548. The number of likely N-dealkylation sites (tertiary alicyclic amines) is 1. The third kappa shape index (κ3) is 5.65. The van der Waals surface area contributed by atoms with Gasteiger partial charge in [-0.05, 0) is 43.5 Å². The molecule has 2 heterocycles. The molecule has 1 amide bonds. The Morgan fingerprint density at radius 2 is 2.00 bits per heavy atom. The molecular formula is C21H30N4O2. The smallest absolute Gasteiger partial charge is 0.220 e. The number of aromatic nitrogens is 2. The lowest BCUT2D eigenvalue weighted by atomic mass is 9.92. The highest BCUT2D eigenvalue weighted by molar-refractivity contribution is 5.76. The third-order valence-electron chi connectivity index (χ3n) is 5.31. The molecule has 1 saturated heterocycles. The number of nitrogens with zero attached hydrogens (tertiary/aromatic N) is 3. The average Bonchev–Trinajstić information content (AvgIpc) is 3.10. The largest absolute Gasteiger partial charge is 0.382 e. The molecule has 1 aromatic heterocycles. The fourth-order valence-electron chi connectivity index (χ4n) is 3.80. The number of hydrogen-bond donors (Lipinski definition) is 1. The van der Waals surface area contributed by atoms with Crippen LogP contribution in [0.3, 0.4) is 0 Å². The van der Waals surface area contributed by atoms with Gasteiger partial charge in [0.1, 0.15) is 0 Å². The fraction of sp³-hybridized carbons (Fsp3) is 0.524. The minimum absolute atomic E-state index is 0.0970. The monoisotopic (exact) mass is 370 g/mol. The van der Waals surface area contributed by atoms with Crippen molar-refractivity contribution in [3.63, 3.8) is 0 Å². The molecule has 1 fully saturated rings. The standard InChI is InChI=1S/C21H30N4O2/c1-24-20(8-11-22-24)19(16-27-2)23-21(26)14-17-9-12-25(13-10-17)15-18-6-4-3-5-7-18/h3-8,11,17,19H,9-10,12-16H2,1-2H3,(H,23,26)/t19-/m0/s1. The van der Waals surface area contributed by atoms with Gasteiger partial charge in [0.2, 0.25) is 5.91 Å². The number of nitrogens with one attached hydrogen (secondary N) is 1. The highest BCUT2D eigenvalue weighted by Crippen LogP contribution is 2.22. The van der Waals surface area contributed by atoms with Crippen LogP contribution in [0.4, 0.5) is 0 Å². The van der Waals surface area contributed by atoms with Crippen molar-refractivity contribution in [1.82, 2.24) is 20.0 Å². The van der Waals surface area contributed by atoms with Gasteiger partial charge in [-0.1, -0.05) is 30.3 Å². The first-order valence-electron chi connectivity index (χ1n) is 9.68. The lowest BCUT2D eigenvalue weighted by molar-refractivity contribution is -0.123. The molecule has 6 nitrogen and oxygen atoms in total. The van der Waals surface area contributed by atoms with Crippen molar-refractivity contribution in [3.05, 3.63) is 53.9 Å². The molecular weight excluding hydrogens is 340 g/mol. The van der Waals surface area contributed by atoms with Crippen LogP contribution in [0.5, 0.6) is 0 Å². The summed E-state index contributed by atoms with van der Waals surface area (Å²) in [6, 6.07) is 12.3. The first-order chi connectivity index (χ1) is 13.2. The van der Waals surface area contributed by atoms with Crippen LogP contribution in [0.25, 0.3) is 0 Å². The van der Waals surface area contributed by atoms with Crippen molar-refractivity contribution in [2.75, 3.05) is 26.8 Å². The van der Waals surface area contributed by atoms with Gasteiger partial charge in [-0.2, -0.15) is 5.10 Å². The van der Waals surface area contributed by atoms with E-state index in [9.17, 15) is 4.79 Å². The molecule has 0 saturated carbocycles. The quantitative estimate of drug-likeness (QED) is 0.776. The Hall–Kier alpha value is -2.18. The van der Waals surface area contributed by atoms with Gasteiger partial charge in [-0.15, -0.1) is 0 Å². The van der Waals surface area contributed by atoms with E-state index in [0.717, 1.165) is 38.2 Å². The fourth-order valence-corrected chi connectivity index (χ4v) is 3.80. The molecule has 2 aromatic rings. The molecule has 0 spiro atoms. The lowest BCUT2D eigenvalue weighted by Gasteiger charge is -2.32. The van der Waals surface area contributed by atoms with E-state index in [1.165, 1.54) is 5.56 Å². The van der Waals surface area contributed by atoms with Gasteiger partial charge in [0.25, 0.3) is 0 Å². The van der Waals surface area contributed by atoms with Crippen molar-refractivity contribution >= 4 is 5.91 Å². The number of carbonyl (C=O) groups excluding carboxylic acids is 1. The van der Waals surface area contributed by atoms with Crippen LogP contribution in [-0.4, -0.2) is 47.4 Å². The van der Waals surface area contributed by atoms with E-state index < -0.39 is 0 Å². The molecule has 0 aliphatic carbocycles. The second-order valence-electron chi connectivity index (χ2n) is 7.36. The summed E-state index contributed by atoms with van der Waals surface area (Å²) in [5, 5.41) is 7.31. The normalized spacial score (nSPS) is 17.0. The van der Waals surface area contributed by atoms with Gasteiger partial charge in [-0.25, -0.2) is 0 Å². The van der Waals surface area contributed by atoms with Crippen LogP contribution in [0.15, 0.2) is 42.6 Å². The average molecular weight is 370 g/mol. The highest BCUT2D eigenvalue weighted by atomic mass is 16.5. The number of carbonyl (C=O) groups is 1. The zero-order valence-electron chi connectivity index (χ0n) is 16.3. The van der Waals surface area contributed by atoms with Gasteiger partial charge >= 0.3 is 0 Å². The molecule has 1 atom stereocenters. The first-order valence-corrected chi connectivity index (χ1v) is 9.68. The number of piperidine rings is 1. The summed E-state index contributed by atoms with van der Waals surface area (Å²) in [6.45, 7) is 3.54. The van der Waals surface area contributed by atoms with Crippen LogP contribution < -0.4 is 5.32 Å². The summed E-state index contributed by atoms with van der Waals surface area (Å²) >= 11 is 0. The van der Waals surface area contributed by atoms with Gasteiger partial charge in [0.05, 0.1) is 18.3 Å². The molecule has 1 aliphatic heterocycles. The van der Waals surface area contributed by atoms with Crippen molar-refractivity contribution in [1.29, 1.82) is 0 Å². The van der Waals surface area contributed by atoms with Crippen LogP contribution in [-0.2, 0) is 23.1 Å². The predicted molar refractivity (Wildman–Crippen MR) is 105 cm³/mol. The summed E-state index contributed by atoms with van der Waals surface area (Å²) in [7, 11) is 3.53. The molecule has 1 N–H and O–H groups in total. The molecule has 3 rings (SSSR count). The van der Waals surface area contributed by atoms with Crippen LogP contribution in [0.1, 0.15) is 36.6 Å². The van der Waals surface area contributed by atoms with Crippen LogP contribution in [0, 0.1) is 5.92 Å². The molecule has 0 radical (unpaired) electrons. The summed E-state index contributed by atoms with van der Waals surface area (Å²) in [6.07, 6.45) is 4.46. The van der Waals surface area contributed by atoms with Crippen molar-refractivity contribution in [3.8, 4) is 0 Å². The second kappa shape index (κ2) is 9.67. The lowest BCUT2D eigenvalue weighted by Crippen LogP contribution is -2.37. The predicted octanol–water partition coefficient (Wildman–Crippen LogP) is 2.53. The number of aryl methyl sites for hydroxylation is 1. The third-order valence-corrected chi connectivity index (χ3v) is 5.31. The van der Waals surface area contributed by atoms with E-state index in [1.54, 1.807) is 18.0 Å². The Morgan fingerprint density at radius 1 is 1.26 bits per heavy atom. The minimum Gasteiger partial charge on any atom is -0.382 e. The highest BCUT2D eigenvalue weighted by Gasteiger charge is 2.24. The molecule has 0 unspecified atom stereocenters. The van der Waals surface area contributed by atoms with Crippen molar-refractivity contribution in [2.45, 2.75) is 31.8 Å². The topological polar surface area (TPSA) is 59.4 Å². The maximum atomic E-state index is 12.6. The Balaban J connectivity index is 1.45. The molecule has 6 heteroatoms. The van der Waals surface area contributed by atoms with E-state index in [-0.39, 0.29) is 11.9 Å². The van der Waals surface area contributed by atoms with E-state index in [2.05, 4.69) is 45.6 Å². The molecule has 0 bridgehead atoms. The molecule has 1 aliphatic rings. The number of methoxy groups -OCH3 is 1. The Kier molecular flexibility index (Phi) is 7.01. The van der Waals surface area contributed by atoms with E-state index in [0.29, 0.717) is 18.9 Å². The minimum atomic E-state index is -0.159. The van der Waals surface area contributed by atoms with E-state index in [1.807, 2.05) is 13.1 Å². The van der Waals surface area contributed by atoms with Crippen molar-refractivity contribution in [2.24, 2.45) is 13.0 Å². The zero-order valence-corrected chi connectivity index (χ0v) is 16.3. The SMILES string of the molecule is COC[C@H](NC(=O)CC1CCN(Cc2ccccc2)CC1)c1ccnn1C. The van der Waals surface area contributed by atoms with Gasteiger partial charge in [0.15, 0.2) is 0 Å². The van der Waals surface area contributed by atoms with Gasteiger partial charge in [0, 0.05) is 33.3 Å². The second-order valence-corrected chi connectivity index (χ2v) is 7.36. The molecule has 27 heavy (non-hydrogen) atoms. The van der Waals surface area contributed by atoms with Crippen LogP contribution in [0.2, 0.25) is 0 Å². The Labute approximate surface area is 161 Å². The van der Waals surface area contributed by atoms with Gasteiger partial charge < -0.3 is 10.1 Å². The maximum Gasteiger partial charge on any atom is 0.220 e. The summed E-state index contributed by atoms with van der Waals surface area (Å²) in [4.78, 5) is 15.0. The molecule has 1 aromatic carbocycles.